The van der Waals surface area contributed by atoms with Crippen molar-refractivity contribution in [3.05, 3.63) is 60.5 Å². The molecule has 0 saturated heterocycles. The normalized spacial score (nSPS) is 10.4. The second-order valence-corrected chi connectivity index (χ2v) is 6.46. The van der Waals surface area contributed by atoms with E-state index in [9.17, 15) is 4.79 Å². The van der Waals surface area contributed by atoms with Crippen LogP contribution in [0.25, 0.3) is 0 Å². The van der Waals surface area contributed by atoms with E-state index in [-0.39, 0.29) is 16.0 Å². The van der Waals surface area contributed by atoms with Gasteiger partial charge in [0.05, 0.1) is 15.7 Å². The van der Waals surface area contributed by atoms with Gasteiger partial charge in [0.2, 0.25) is 0 Å². The Hall–Kier alpha value is -0.450. The van der Waals surface area contributed by atoms with E-state index >= 15 is 0 Å². The molecule has 0 spiro atoms. The highest BCUT2D eigenvalue weighted by atomic mass is 79.9. The Labute approximate surface area is 144 Å². The van der Waals surface area contributed by atoms with Crippen LogP contribution in [0, 0.1) is 0 Å². The molecule has 2 aromatic rings. The smallest absolute Gasteiger partial charge is 0.255 e. The van der Waals surface area contributed by atoms with Gasteiger partial charge >= 0.3 is 0 Å². The topological polar surface area (TPSA) is 29.1 Å². The van der Waals surface area contributed by atoms with Gasteiger partial charge in [0, 0.05) is 20.1 Å². The summed E-state index contributed by atoms with van der Waals surface area (Å²) in [7, 11) is 0. The molecule has 1 amide bonds. The third-order valence-electron chi connectivity index (χ3n) is 2.37. The number of anilines is 1. The predicted octanol–water partition coefficient (Wildman–Crippen LogP) is 6.32. The van der Waals surface area contributed by atoms with Gasteiger partial charge in [-0.15, -0.1) is 0 Å². The molecule has 2 nitrogen and oxygen atoms in total. The van der Waals surface area contributed by atoms with Crippen LogP contribution >= 0.6 is 62.3 Å². The summed E-state index contributed by atoms with van der Waals surface area (Å²) in [4.78, 5) is 12.2. The summed E-state index contributed by atoms with van der Waals surface area (Å²) < 4.78 is 0.698. The van der Waals surface area contributed by atoms with Crippen molar-refractivity contribution in [3.8, 4) is 0 Å². The summed E-state index contributed by atoms with van der Waals surface area (Å²) in [6.45, 7) is 0. The zero-order valence-electron chi connectivity index (χ0n) is 9.68. The molecule has 0 heterocycles. The first-order valence-corrected chi connectivity index (χ1v) is 7.59. The number of benzene rings is 2. The van der Waals surface area contributed by atoms with E-state index in [1.54, 1.807) is 18.2 Å². The van der Waals surface area contributed by atoms with Crippen molar-refractivity contribution in [2.24, 2.45) is 0 Å². The zero-order valence-corrected chi connectivity index (χ0v) is 14.3. The van der Waals surface area contributed by atoms with E-state index in [0.29, 0.717) is 25.8 Å². The summed E-state index contributed by atoms with van der Waals surface area (Å²) in [6.07, 6.45) is 0. The highest BCUT2D eigenvalue weighted by Gasteiger charge is 2.13. The van der Waals surface area contributed by atoms with E-state index in [2.05, 4.69) is 21.2 Å². The number of halogens is 5. The van der Waals surface area contributed by atoms with Crippen molar-refractivity contribution in [2.45, 2.75) is 0 Å². The highest BCUT2D eigenvalue weighted by molar-refractivity contribution is 9.10. The maximum atomic E-state index is 12.2. The third kappa shape index (κ3) is 3.80. The zero-order chi connectivity index (χ0) is 14.9. The standard InChI is InChI=1S/C13H6BrCl4NO/c14-7-1-6(2-8(15)3-7)13(20)19-12-10(17)4-9(16)5-11(12)18/h1-5H,(H,19,20). The molecule has 2 rings (SSSR count). The van der Waals surface area contributed by atoms with Gasteiger partial charge in [-0.05, 0) is 30.3 Å². The lowest BCUT2D eigenvalue weighted by Crippen LogP contribution is -2.12. The first-order valence-electron chi connectivity index (χ1n) is 5.29. The molecule has 0 aliphatic rings. The summed E-state index contributed by atoms with van der Waals surface area (Å²) in [5.41, 5.74) is 0.685. The number of carbonyl (C=O) groups excluding carboxylic acids is 1. The van der Waals surface area contributed by atoms with E-state index in [4.69, 9.17) is 46.4 Å². The fourth-order valence-electron chi connectivity index (χ4n) is 1.53. The van der Waals surface area contributed by atoms with Gasteiger partial charge in [-0.25, -0.2) is 0 Å². The van der Waals surface area contributed by atoms with Crippen LogP contribution in [0.4, 0.5) is 5.69 Å². The quantitative estimate of drug-likeness (QED) is 0.613. The Morgan fingerprint density at radius 1 is 0.900 bits per heavy atom. The molecular formula is C13H6BrCl4NO. The van der Waals surface area contributed by atoms with Gasteiger partial charge < -0.3 is 5.32 Å². The average molecular weight is 414 g/mol. The molecule has 104 valence electrons. The van der Waals surface area contributed by atoms with Crippen molar-refractivity contribution in [1.29, 1.82) is 0 Å². The van der Waals surface area contributed by atoms with Crippen molar-refractivity contribution < 1.29 is 4.79 Å². The molecule has 0 bridgehead atoms. The van der Waals surface area contributed by atoms with Crippen molar-refractivity contribution in [3.63, 3.8) is 0 Å². The minimum absolute atomic E-state index is 0.261. The van der Waals surface area contributed by atoms with Crippen LogP contribution in [0.1, 0.15) is 10.4 Å². The number of rotatable bonds is 2. The van der Waals surface area contributed by atoms with Crippen LogP contribution in [0.2, 0.25) is 20.1 Å². The Morgan fingerprint density at radius 3 is 2.00 bits per heavy atom. The van der Waals surface area contributed by atoms with Crippen molar-refractivity contribution in [2.75, 3.05) is 5.32 Å². The molecule has 0 unspecified atom stereocenters. The molecule has 20 heavy (non-hydrogen) atoms. The Kier molecular flexibility index (Phi) is 5.21. The molecule has 1 N–H and O–H groups in total. The average Bonchev–Trinajstić information content (AvgIpc) is 2.32. The molecule has 0 saturated carbocycles. The number of hydrogen-bond acceptors (Lipinski definition) is 1. The molecule has 7 heteroatoms. The van der Waals surface area contributed by atoms with E-state index in [1.807, 2.05) is 0 Å². The molecule has 0 fully saturated rings. The van der Waals surface area contributed by atoms with Crippen LogP contribution in [0.15, 0.2) is 34.8 Å². The van der Waals surface area contributed by atoms with Gasteiger partial charge in [-0.3, -0.25) is 4.79 Å². The van der Waals surface area contributed by atoms with Crippen LogP contribution in [0.3, 0.4) is 0 Å². The van der Waals surface area contributed by atoms with Crippen LogP contribution in [-0.2, 0) is 0 Å². The van der Waals surface area contributed by atoms with Crippen LogP contribution in [0.5, 0.6) is 0 Å². The number of amides is 1. The van der Waals surface area contributed by atoms with E-state index in [1.165, 1.54) is 12.1 Å². The Balaban J connectivity index is 2.32. The summed E-state index contributed by atoms with van der Waals surface area (Å²) >= 11 is 27.0. The lowest BCUT2D eigenvalue weighted by Gasteiger charge is -2.10. The lowest BCUT2D eigenvalue weighted by atomic mass is 10.2. The fraction of sp³-hybridized carbons (Fsp3) is 0. The molecular weight excluding hydrogens is 408 g/mol. The number of nitrogens with one attached hydrogen (secondary N) is 1. The predicted molar refractivity (Wildman–Crippen MR) is 88.6 cm³/mol. The largest absolute Gasteiger partial charge is 0.319 e. The second-order valence-electron chi connectivity index (χ2n) is 3.86. The molecule has 0 aromatic heterocycles. The minimum atomic E-state index is -0.376. The SMILES string of the molecule is O=C(Nc1c(Cl)cc(Cl)cc1Cl)c1cc(Cl)cc(Br)c1. The fourth-order valence-corrected chi connectivity index (χ4v) is 3.30. The monoisotopic (exact) mass is 411 g/mol. The summed E-state index contributed by atoms with van der Waals surface area (Å²) in [5.74, 6) is -0.376. The minimum Gasteiger partial charge on any atom is -0.319 e. The highest BCUT2D eigenvalue weighted by Crippen LogP contribution is 2.34. The summed E-state index contributed by atoms with van der Waals surface area (Å²) in [6, 6.07) is 7.86. The molecule has 0 aliphatic carbocycles. The molecule has 0 atom stereocenters. The maximum absolute atomic E-state index is 12.2. The van der Waals surface area contributed by atoms with Crippen molar-refractivity contribution >= 4 is 73.9 Å². The second kappa shape index (κ2) is 6.54. The lowest BCUT2D eigenvalue weighted by molar-refractivity contribution is 0.102. The molecule has 0 aliphatic heterocycles. The molecule has 2 aromatic carbocycles. The van der Waals surface area contributed by atoms with Gasteiger partial charge in [0.25, 0.3) is 5.91 Å². The van der Waals surface area contributed by atoms with Crippen LogP contribution < -0.4 is 5.32 Å². The van der Waals surface area contributed by atoms with Gasteiger partial charge in [0.15, 0.2) is 0 Å². The van der Waals surface area contributed by atoms with Crippen molar-refractivity contribution in [1.82, 2.24) is 0 Å². The maximum Gasteiger partial charge on any atom is 0.255 e. The third-order valence-corrected chi connectivity index (χ3v) is 3.86. The van der Waals surface area contributed by atoms with E-state index in [0.717, 1.165) is 0 Å². The first-order chi connectivity index (χ1) is 9.36. The number of hydrogen-bond donors (Lipinski definition) is 1. The summed E-state index contributed by atoms with van der Waals surface area (Å²) in [5, 5.41) is 3.99. The Morgan fingerprint density at radius 2 is 1.45 bits per heavy atom. The Bertz CT molecular complexity index is 647. The molecule has 0 radical (unpaired) electrons. The number of carbonyl (C=O) groups is 1. The first kappa shape index (κ1) is 15.9. The van der Waals surface area contributed by atoms with Crippen LogP contribution in [-0.4, -0.2) is 5.91 Å². The van der Waals surface area contributed by atoms with Gasteiger partial charge in [-0.2, -0.15) is 0 Å². The van der Waals surface area contributed by atoms with Gasteiger partial charge in [-0.1, -0.05) is 62.3 Å². The van der Waals surface area contributed by atoms with E-state index < -0.39 is 0 Å². The van der Waals surface area contributed by atoms with Gasteiger partial charge in [0.1, 0.15) is 0 Å².